The normalized spacial score (nSPS) is 11.5. The van der Waals surface area contributed by atoms with E-state index < -0.39 is 5.60 Å². The molecule has 0 heterocycles. The summed E-state index contributed by atoms with van der Waals surface area (Å²) in [7, 11) is 3.96. The molecule has 2 nitrogen and oxygen atoms in total. The van der Waals surface area contributed by atoms with Gasteiger partial charge in [-0.25, -0.2) is 0 Å². The van der Waals surface area contributed by atoms with Crippen LogP contribution in [0.2, 0.25) is 0 Å². The van der Waals surface area contributed by atoms with E-state index in [9.17, 15) is 5.11 Å². The first kappa shape index (κ1) is 14.2. The van der Waals surface area contributed by atoms with Crippen molar-refractivity contribution < 1.29 is 26.8 Å². The SMILES string of the molecule is CCC(O)(CC)CN(C)C.[Ti]. The molecule has 0 saturated carbocycles. The molecule has 0 fully saturated rings. The maximum absolute atomic E-state index is 9.76. The van der Waals surface area contributed by atoms with Crippen molar-refractivity contribution in [2.24, 2.45) is 0 Å². The van der Waals surface area contributed by atoms with Gasteiger partial charge >= 0.3 is 0 Å². The maximum atomic E-state index is 9.76. The van der Waals surface area contributed by atoms with Crippen molar-refractivity contribution in [1.29, 1.82) is 0 Å². The number of aliphatic hydroxyl groups is 1. The summed E-state index contributed by atoms with van der Waals surface area (Å²) >= 11 is 0. The van der Waals surface area contributed by atoms with E-state index in [4.69, 9.17) is 0 Å². The van der Waals surface area contributed by atoms with Gasteiger partial charge in [-0.1, -0.05) is 13.8 Å². The molecule has 0 aliphatic rings. The van der Waals surface area contributed by atoms with Crippen LogP contribution < -0.4 is 0 Å². The van der Waals surface area contributed by atoms with E-state index in [2.05, 4.69) is 0 Å². The van der Waals surface area contributed by atoms with Crippen LogP contribution in [0.4, 0.5) is 0 Å². The molecule has 0 aliphatic carbocycles. The minimum atomic E-state index is -0.469. The molecule has 0 aliphatic heterocycles. The van der Waals surface area contributed by atoms with Crippen molar-refractivity contribution in [3.63, 3.8) is 0 Å². The van der Waals surface area contributed by atoms with Gasteiger partial charge in [-0.05, 0) is 26.9 Å². The third-order valence-corrected chi connectivity index (χ3v) is 1.93. The smallest absolute Gasteiger partial charge is 0.0768 e. The molecule has 3 heteroatoms. The predicted molar refractivity (Wildman–Crippen MR) is 44.1 cm³/mol. The molecule has 0 saturated heterocycles. The molecular weight excluding hydrogens is 174 g/mol. The van der Waals surface area contributed by atoms with Gasteiger partial charge in [0.15, 0.2) is 0 Å². The first-order chi connectivity index (χ1) is 4.54. The van der Waals surface area contributed by atoms with E-state index >= 15 is 0 Å². The summed E-state index contributed by atoms with van der Waals surface area (Å²) in [6.45, 7) is 4.81. The van der Waals surface area contributed by atoms with Crippen LogP contribution in [0.15, 0.2) is 0 Å². The summed E-state index contributed by atoms with van der Waals surface area (Å²) in [4.78, 5) is 2.02. The van der Waals surface area contributed by atoms with Gasteiger partial charge in [-0.15, -0.1) is 0 Å². The van der Waals surface area contributed by atoms with E-state index in [1.807, 2.05) is 32.8 Å². The Morgan fingerprint density at radius 1 is 1.18 bits per heavy atom. The molecule has 0 radical (unpaired) electrons. The van der Waals surface area contributed by atoms with Gasteiger partial charge < -0.3 is 10.0 Å². The van der Waals surface area contributed by atoms with Gasteiger partial charge in [0.2, 0.25) is 0 Å². The summed E-state index contributed by atoms with van der Waals surface area (Å²) < 4.78 is 0. The van der Waals surface area contributed by atoms with Crippen molar-refractivity contribution in [3.05, 3.63) is 0 Å². The predicted octanol–water partition coefficient (Wildman–Crippen LogP) is 1.10. The third kappa shape index (κ3) is 5.86. The standard InChI is InChI=1S/C8H19NO.Ti/c1-5-8(10,6-2)7-9(3)4;/h10H,5-7H2,1-4H3;. The summed E-state index contributed by atoms with van der Waals surface area (Å²) in [5.41, 5.74) is -0.469. The molecule has 0 aromatic heterocycles. The van der Waals surface area contributed by atoms with Crippen molar-refractivity contribution in [2.45, 2.75) is 32.3 Å². The first-order valence-electron chi connectivity index (χ1n) is 3.91. The molecule has 0 unspecified atom stereocenters. The van der Waals surface area contributed by atoms with Crippen molar-refractivity contribution in [3.8, 4) is 0 Å². The quantitative estimate of drug-likeness (QED) is 0.675. The zero-order chi connectivity index (χ0) is 8.20. The topological polar surface area (TPSA) is 23.5 Å². The average molecular weight is 193 g/mol. The minimum Gasteiger partial charge on any atom is -0.389 e. The van der Waals surface area contributed by atoms with Crippen LogP contribution in [0.25, 0.3) is 0 Å². The number of rotatable bonds is 4. The Morgan fingerprint density at radius 2 is 1.55 bits per heavy atom. The van der Waals surface area contributed by atoms with E-state index in [1.54, 1.807) is 0 Å². The zero-order valence-electron chi connectivity index (χ0n) is 8.02. The van der Waals surface area contributed by atoms with Gasteiger partial charge in [0.05, 0.1) is 5.60 Å². The van der Waals surface area contributed by atoms with Crippen LogP contribution >= 0.6 is 0 Å². The van der Waals surface area contributed by atoms with E-state index in [0.29, 0.717) is 0 Å². The van der Waals surface area contributed by atoms with Crippen LogP contribution in [0.5, 0.6) is 0 Å². The fourth-order valence-corrected chi connectivity index (χ4v) is 1.06. The molecule has 66 valence electrons. The van der Waals surface area contributed by atoms with E-state index in [1.165, 1.54) is 0 Å². The zero-order valence-corrected chi connectivity index (χ0v) is 9.58. The van der Waals surface area contributed by atoms with Gasteiger partial charge in [-0.3, -0.25) is 0 Å². The number of hydrogen-bond donors (Lipinski definition) is 1. The monoisotopic (exact) mass is 193 g/mol. The van der Waals surface area contributed by atoms with E-state index in [0.717, 1.165) is 19.4 Å². The average Bonchev–Trinajstić information content (AvgIpc) is 1.87. The van der Waals surface area contributed by atoms with Crippen molar-refractivity contribution in [2.75, 3.05) is 20.6 Å². The van der Waals surface area contributed by atoms with Crippen LogP contribution in [0.1, 0.15) is 26.7 Å². The van der Waals surface area contributed by atoms with Crippen molar-refractivity contribution in [1.82, 2.24) is 4.90 Å². The number of hydrogen-bond acceptors (Lipinski definition) is 2. The molecule has 11 heavy (non-hydrogen) atoms. The Kier molecular flexibility index (Phi) is 7.97. The first-order valence-corrected chi connectivity index (χ1v) is 3.91. The number of likely N-dealkylation sites (N-methyl/N-ethyl adjacent to an activating group) is 1. The summed E-state index contributed by atoms with van der Waals surface area (Å²) in [6, 6.07) is 0. The molecular formula is C8H19NOTi. The molecule has 0 aromatic carbocycles. The van der Waals surface area contributed by atoms with Gasteiger partial charge in [0.25, 0.3) is 0 Å². The summed E-state index contributed by atoms with van der Waals surface area (Å²) in [5.74, 6) is 0. The van der Waals surface area contributed by atoms with Crippen LogP contribution in [0.3, 0.4) is 0 Å². The Labute approximate surface area is 84.9 Å². The second-order valence-corrected chi connectivity index (χ2v) is 3.17. The maximum Gasteiger partial charge on any atom is 0.0768 e. The second-order valence-electron chi connectivity index (χ2n) is 3.17. The molecule has 0 atom stereocenters. The third-order valence-electron chi connectivity index (χ3n) is 1.93. The Balaban J connectivity index is 0. The van der Waals surface area contributed by atoms with E-state index in [-0.39, 0.29) is 21.7 Å². The van der Waals surface area contributed by atoms with Gasteiger partial charge in [0, 0.05) is 28.3 Å². The molecule has 0 spiro atoms. The fourth-order valence-electron chi connectivity index (χ4n) is 1.06. The summed E-state index contributed by atoms with van der Waals surface area (Å²) in [6.07, 6.45) is 1.67. The molecule has 0 aromatic rings. The van der Waals surface area contributed by atoms with Gasteiger partial charge in [-0.2, -0.15) is 0 Å². The summed E-state index contributed by atoms with van der Waals surface area (Å²) in [5, 5.41) is 9.76. The largest absolute Gasteiger partial charge is 0.389 e. The van der Waals surface area contributed by atoms with Gasteiger partial charge in [0.1, 0.15) is 0 Å². The number of nitrogens with zero attached hydrogens (tertiary/aromatic N) is 1. The molecule has 0 amide bonds. The van der Waals surface area contributed by atoms with Crippen LogP contribution in [0, 0.1) is 0 Å². The Hall–Kier alpha value is 0.634. The van der Waals surface area contributed by atoms with Crippen molar-refractivity contribution >= 4 is 0 Å². The molecule has 0 rings (SSSR count). The Bertz CT molecular complexity index is 92.1. The van der Waals surface area contributed by atoms with Crippen LogP contribution in [-0.4, -0.2) is 36.2 Å². The van der Waals surface area contributed by atoms with Crippen LogP contribution in [-0.2, 0) is 21.7 Å². The minimum absolute atomic E-state index is 0. The second kappa shape index (κ2) is 6.18. The fraction of sp³-hybridized carbons (Fsp3) is 1.00. The molecule has 0 bridgehead atoms. The molecule has 1 N–H and O–H groups in total. The Morgan fingerprint density at radius 3 is 1.64 bits per heavy atom.